The van der Waals surface area contributed by atoms with Gasteiger partial charge in [-0.2, -0.15) is 0 Å². The van der Waals surface area contributed by atoms with Gasteiger partial charge < -0.3 is 11.1 Å². The van der Waals surface area contributed by atoms with Crippen molar-refractivity contribution in [1.82, 2.24) is 5.32 Å². The molecule has 3 nitrogen and oxygen atoms in total. The van der Waals surface area contributed by atoms with E-state index in [2.05, 4.69) is 5.32 Å². The van der Waals surface area contributed by atoms with Crippen LogP contribution >= 0.6 is 0 Å². The minimum atomic E-state index is -0.886. The molecule has 1 aromatic carbocycles. The molecule has 19 heavy (non-hydrogen) atoms. The van der Waals surface area contributed by atoms with E-state index in [0.717, 1.165) is 38.2 Å². The fourth-order valence-corrected chi connectivity index (χ4v) is 2.54. The molecule has 1 aliphatic rings. The number of hydrogen-bond donors (Lipinski definition) is 2. The van der Waals surface area contributed by atoms with Crippen molar-refractivity contribution in [3.63, 3.8) is 0 Å². The number of benzene rings is 1. The third kappa shape index (κ3) is 3.03. The standard InChI is InChI=1S/C14H18F2N2O/c1-14(5-3-2-4-6-14)18-13(19)9-7-12(17)11(16)8-10(9)15/h7-8H,2-6,17H2,1H3,(H,18,19). The summed E-state index contributed by atoms with van der Waals surface area (Å²) in [5, 5.41) is 2.84. The summed E-state index contributed by atoms with van der Waals surface area (Å²) in [5.41, 5.74) is 4.63. The molecule has 0 radical (unpaired) electrons. The summed E-state index contributed by atoms with van der Waals surface area (Å²) in [5.74, 6) is -2.27. The van der Waals surface area contributed by atoms with E-state index in [-0.39, 0.29) is 16.8 Å². The average Bonchev–Trinajstić information content (AvgIpc) is 2.34. The van der Waals surface area contributed by atoms with Gasteiger partial charge in [-0.3, -0.25) is 4.79 Å². The number of rotatable bonds is 2. The van der Waals surface area contributed by atoms with Gasteiger partial charge in [0, 0.05) is 11.6 Å². The molecule has 0 atom stereocenters. The molecule has 0 spiro atoms. The van der Waals surface area contributed by atoms with E-state index in [1.807, 2.05) is 6.92 Å². The highest BCUT2D eigenvalue weighted by Gasteiger charge is 2.29. The normalized spacial score (nSPS) is 18.1. The van der Waals surface area contributed by atoms with Crippen LogP contribution in [-0.4, -0.2) is 11.4 Å². The lowest BCUT2D eigenvalue weighted by Gasteiger charge is -2.34. The maximum absolute atomic E-state index is 13.6. The number of nitrogen functional groups attached to an aromatic ring is 1. The minimum Gasteiger partial charge on any atom is -0.396 e. The van der Waals surface area contributed by atoms with Crippen molar-refractivity contribution < 1.29 is 13.6 Å². The van der Waals surface area contributed by atoms with Gasteiger partial charge in [0.15, 0.2) is 0 Å². The zero-order valence-electron chi connectivity index (χ0n) is 10.9. The van der Waals surface area contributed by atoms with E-state index >= 15 is 0 Å². The van der Waals surface area contributed by atoms with Crippen LogP contribution in [0.2, 0.25) is 0 Å². The molecule has 0 unspecified atom stereocenters. The molecule has 104 valence electrons. The van der Waals surface area contributed by atoms with Gasteiger partial charge in [-0.1, -0.05) is 19.3 Å². The Morgan fingerprint density at radius 3 is 2.47 bits per heavy atom. The lowest BCUT2D eigenvalue weighted by atomic mass is 9.83. The Morgan fingerprint density at radius 2 is 1.84 bits per heavy atom. The summed E-state index contributed by atoms with van der Waals surface area (Å²) in [6, 6.07) is 1.69. The molecule has 1 aliphatic carbocycles. The van der Waals surface area contributed by atoms with Crippen molar-refractivity contribution in [2.75, 3.05) is 5.73 Å². The third-order valence-corrected chi connectivity index (χ3v) is 3.70. The maximum Gasteiger partial charge on any atom is 0.254 e. The van der Waals surface area contributed by atoms with Gasteiger partial charge >= 0.3 is 0 Å². The molecule has 1 aromatic rings. The molecular weight excluding hydrogens is 250 g/mol. The van der Waals surface area contributed by atoms with Crippen LogP contribution in [-0.2, 0) is 0 Å². The SMILES string of the molecule is CC1(NC(=O)c2cc(N)c(F)cc2F)CCCCC1. The summed E-state index contributed by atoms with van der Waals surface area (Å²) in [7, 11) is 0. The quantitative estimate of drug-likeness (QED) is 0.810. The number of anilines is 1. The topological polar surface area (TPSA) is 55.1 Å². The first-order valence-electron chi connectivity index (χ1n) is 6.48. The van der Waals surface area contributed by atoms with Crippen molar-refractivity contribution in [2.45, 2.75) is 44.6 Å². The van der Waals surface area contributed by atoms with Crippen molar-refractivity contribution in [1.29, 1.82) is 0 Å². The molecule has 3 N–H and O–H groups in total. The first-order valence-corrected chi connectivity index (χ1v) is 6.48. The molecule has 1 fully saturated rings. The molecular formula is C14H18F2N2O. The number of hydrogen-bond acceptors (Lipinski definition) is 2. The molecule has 0 aliphatic heterocycles. The Kier molecular flexibility index (Phi) is 3.73. The second-order valence-corrected chi connectivity index (χ2v) is 5.43. The largest absolute Gasteiger partial charge is 0.396 e. The molecule has 0 heterocycles. The molecule has 5 heteroatoms. The Morgan fingerprint density at radius 1 is 1.21 bits per heavy atom. The highest BCUT2D eigenvalue weighted by Crippen LogP contribution is 2.28. The van der Waals surface area contributed by atoms with E-state index < -0.39 is 17.5 Å². The van der Waals surface area contributed by atoms with Gasteiger partial charge in [0.2, 0.25) is 0 Å². The maximum atomic E-state index is 13.6. The first-order chi connectivity index (χ1) is 8.91. The number of nitrogens with one attached hydrogen (secondary N) is 1. The lowest BCUT2D eigenvalue weighted by Crippen LogP contribution is -2.47. The molecule has 2 rings (SSSR count). The molecule has 0 bridgehead atoms. The fourth-order valence-electron chi connectivity index (χ4n) is 2.54. The van der Waals surface area contributed by atoms with Crippen molar-refractivity contribution in [3.8, 4) is 0 Å². The summed E-state index contributed by atoms with van der Waals surface area (Å²) in [6.45, 7) is 1.95. The number of halogens is 2. The zero-order valence-corrected chi connectivity index (χ0v) is 10.9. The minimum absolute atomic E-state index is 0.203. The van der Waals surface area contributed by atoms with E-state index in [1.165, 1.54) is 0 Å². The van der Waals surface area contributed by atoms with Crippen LogP contribution in [0, 0.1) is 11.6 Å². The fraction of sp³-hybridized carbons (Fsp3) is 0.500. The second-order valence-electron chi connectivity index (χ2n) is 5.43. The molecule has 0 aromatic heterocycles. The van der Waals surface area contributed by atoms with Gasteiger partial charge in [-0.15, -0.1) is 0 Å². The monoisotopic (exact) mass is 268 g/mol. The highest BCUT2D eigenvalue weighted by atomic mass is 19.1. The predicted octanol–water partition coefficient (Wildman–Crippen LogP) is 3.00. The van der Waals surface area contributed by atoms with Gasteiger partial charge in [-0.25, -0.2) is 8.78 Å². The van der Waals surface area contributed by atoms with E-state index in [0.29, 0.717) is 6.07 Å². The van der Waals surface area contributed by atoms with Crippen molar-refractivity contribution >= 4 is 11.6 Å². The van der Waals surface area contributed by atoms with Crippen LogP contribution in [0.25, 0.3) is 0 Å². The summed E-state index contributed by atoms with van der Waals surface area (Å²) in [4.78, 5) is 12.1. The third-order valence-electron chi connectivity index (χ3n) is 3.70. The number of nitrogens with two attached hydrogens (primary N) is 1. The number of carbonyl (C=O) groups excluding carboxylic acids is 1. The van der Waals surface area contributed by atoms with Gasteiger partial charge in [-0.05, 0) is 25.8 Å². The van der Waals surface area contributed by atoms with Crippen LogP contribution in [0.5, 0.6) is 0 Å². The average molecular weight is 268 g/mol. The van der Waals surface area contributed by atoms with Gasteiger partial charge in [0.05, 0.1) is 11.3 Å². The number of carbonyl (C=O) groups is 1. The Bertz CT molecular complexity index is 496. The van der Waals surface area contributed by atoms with Crippen LogP contribution in [0.3, 0.4) is 0 Å². The smallest absolute Gasteiger partial charge is 0.254 e. The van der Waals surface area contributed by atoms with Crippen LogP contribution in [0.15, 0.2) is 12.1 Å². The predicted molar refractivity (Wildman–Crippen MR) is 69.7 cm³/mol. The van der Waals surface area contributed by atoms with Gasteiger partial charge in [0.25, 0.3) is 5.91 Å². The Hall–Kier alpha value is -1.65. The summed E-state index contributed by atoms with van der Waals surface area (Å²) in [6.07, 6.45) is 4.99. The number of amides is 1. The molecule has 1 saturated carbocycles. The Labute approximate surface area is 111 Å². The molecule has 0 saturated heterocycles. The van der Waals surface area contributed by atoms with Crippen LogP contribution < -0.4 is 11.1 Å². The highest BCUT2D eigenvalue weighted by molar-refractivity contribution is 5.95. The van der Waals surface area contributed by atoms with E-state index in [9.17, 15) is 13.6 Å². The van der Waals surface area contributed by atoms with Crippen LogP contribution in [0.4, 0.5) is 14.5 Å². The second kappa shape index (κ2) is 5.15. The zero-order chi connectivity index (χ0) is 14.0. The van der Waals surface area contributed by atoms with E-state index in [4.69, 9.17) is 5.73 Å². The van der Waals surface area contributed by atoms with Gasteiger partial charge in [0.1, 0.15) is 11.6 Å². The summed E-state index contributed by atoms with van der Waals surface area (Å²) >= 11 is 0. The van der Waals surface area contributed by atoms with Crippen molar-refractivity contribution in [2.24, 2.45) is 0 Å². The van der Waals surface area contributed by atoms with Crippen LogP contribution in [0.1, 0.15) is 49.4 Å². The van der Waals surface area contributed by atoms with E-state index in [1.54, 1.807) is 0 Å². The first kappa shape index (κ1) is 13.8. The Balaban J connectivity index is 2.18. The van der Waals surface area contributed by atoms with Crippen molar-refractivity contribution in [3.05, 3.63) is 29.3 Å². The summed E-state index contributed by atoms with van der Waals surface area (Å²) < 4.78 is 26.7. The lowest BCUT2D eigenvalue weighted by molar-refractivity contribution is 0.0878. The molecule has 1 amide bonds.